The summed E-state index contributed by atoms with van der Waals surface area (Å²) >= 11 is 0. The summed E-state index contributed by atoms with van der Waals surface area (Å²) < 4.78 is 5.77. The first-order chi connectivity index (χ1) is 11.1. The third-order valence-corrected chi connectivity index (χ3v) is 4.00. The van der Waals surface area contributed by atoms with E-state index in [-0.39, 0.29) is 6.42 Å². The van der Waals surface area contributed by atoms with E-state index >= 15 is 0 Å². The SMILES string of the molecule is N#Cc1ccccc1-c1ccc(CN2C[C@H](O)C[C@H]2C(=O)O)o1. The lowest BCUT2D eigenvalue weighted by molar-refractivity contribution is -0.142. The van der Waals surface area contributed by atoms with Crippen molar-refractivity contribution in [2.45, 2.75) is 25.1 Å². The maximum atomic E-state index is 11.2. The van der Waals surface area contributed by atoms with Crippen molar-refractivity contribution in [1.82, 2.24) is 4.90 Å². The van der Waals surface area contributed by atoms with Crippen molar-refractivity contribution in [1.29, 1.82) is 5.26 Å². The number of carbonyl (C=O) groups is 1. The van der Waals surface area contributed by atoms with Gasteiger partial charge in [-0.25, -0.2) is 0 Å². The van der Waals surface area contributed by atoms with Gasteiger partial charge in [0.1, 0.15) is 17.6 Å². The summed E-state index contributed by atoms with van der Waals surface area (Å²) in [6.07, 6.45) is -0.412. The molecule has 6 nitrogen and oxygen atoms in total. The van der Waals surface area contributed by atoms with Gasteiger partial charge in [0.25, 0.3) is 0 Å². The van der Waals surface area contributed by atoms with Crippen LogP contribution >= 0.6 is 0 Å². The molecular weight excluding hydrogens is 296 g/mol. The highest BCUT2D eigenvalue weighted by molar-refractivity contribution is 5.74. The highest BCUT2D eigenvalue weighted by Gasteiger charge is 2.36. The van der Waals surface area contributed by atoms with Gasteiger partial charge in [0.2, 0.25) is 0 Å². The van der Waals surface area contributed by atoms with Gasteiger partial charge in [-0.3, -0.25) is 9.69 Å². The molecule has 1 aliphatic heterocycles. The van der Waals surface area contributed by atoms with E-state index in [1.165, 1.54) is 0 Å². The molecule has 1 aromatic carbocycles. The maximum Gasteiger partial charge on any atom is 0.321 e. The molecule has 6 heteroatoms. The third-order valence-electron chi connectivity index (χ3n) is 4.00. The average molecular weight is 312 g/mol. The van der Waals surface area contributed by atoms with E-state index in [4.69, 9.17) is 9.68 Å². The predicted octanol–water partition coefficient (Wildman–Crippen LogP) is 1.84. The van der Waals surface area contributed by atoms with Crippen LogP contribution in [-0.4, -0.2) is 39.8 Å². The zero-order valence-electron chi connectivity index (χ0n) is 12.3. The summed E-state index contributed by atoms with van der Waals surface area (Å²) in [7, 11) is 0. The number of carboxylic acids is 1. The molecule has 0 amide bonds. The molecule has 0 saturated carbocycles. The number of nitriles is 1. The van der Waals surface area contributed by atoms with Gasteiger partial charge in [0.15, 0.2) is 0 Å². The monoisotopic (exact) mass is 312 g/mol. The molecule has 1 fully saturated rings. The molecule has 0 aliphatic carbocycles. The number of β-amino-alcohol motifs (C(OH)–C–C–N with tert-alkyl or cyclic N) is 1. The Morgan fingerprint density at radius 3 is 2.87 bits per heavy atom. The van der Waals surface area contributed by atoms with Gasteiger partial charge in [-0.05, 0) is 24.3 Å². The van der Waals surface area contributed by atoms with E-state index in [0.717, 1.165) is 0 Å². The number of likely N-dealkylation sites (tertiary alicyclic amines) is 1. The Morgan fingerprint density at radius 1 is 1.35 bits per heavy atom. The highest BCUT2D eigenvalue weighted by atomic mass is 16.4. The van der Waals surface area contributed by atoms with Gasteiger partial charge in [-0.1, -0.05) is 12.1 Å². The minimum Gasteiger partial charge on any atom is -0.480 e. The lowest BCUT2D eigenvalue weighted by Gasteiger charge is -2.19. The van der Waals surface area contributed by atoms with E-state index in [1.807, 2.05) is 6.07 Å². The predicted molar refractivity (Wildman–Crippen MR) is 81.3 cm³/mol. The third kappa shape index (κ3) is 3.11. The van der Waals surface area contributed by atoms with Gasteiger partial charge in [0, 0.05) is 18.5 Å². The molecular formula is C17H16N2O4. The summed E-state index contributed by atoms with van der Waals surface area (Å²) in [5.74, 6) is 0.236. The Kier molecular flexibility index (Phi) is 4.15. The van der Waals surface area contributed by atoms with Crippen molar-refractivity contribution < 1.29 is 19.4 Å². The van der Waals surface area contributed by atoms with Crippen LogP contribution in [0.4, 0.5) is 0 Å². The zero-order valence-corrected chi connectivity index (χ0v) is 12.3. The van der Waals surface area contributed by atoms with Crippen LogP contribution in [0.1, 0.15) is 17.7 Å². The molecule has 2 N–H and O–H groups in total. The molecule has 0 unspecified atom stereocenters. The molecule has 1 aromatic heterocycles. The molecule has 1 aliphatic rings. The van der Waals surface area contributed by atoms with Crippen molar-refractivity contribution in [2.24, 2.45) is 0 Å². The fourth-order valence-corrected chi connectivity index (χ4v) is 2.91. The second-order valence-electron chi connectivity index (χ2n) is 5.60. The summed E-state index contributed by atoms with van der Waals surface area (Å²) in [4.78, 5) is 12.9. The first-order valence-electron chi connectivity index (χ1n) is 7.31. The van der Waals surface area contributed by atoms with Crippen LogP contribution in [0.25, 0.3) is 11.3 Å². The molecule has 2 heterocycles. The molecule has 23 heavy (non-hydrogen) atoms. The van der Waals surface area contributed by atoms with Crippen LogP contribution in [0, 0.1) is 11.3 Å². The van der Waals surface area contributed by atoms with Crippen LogP contribution in [0.2, 0.25) is 0 Å². The number of benzene rings is 1. The normalized spacial score (nSPS) is 21.2. The van der Waals surface area contributed by atoms with Gasteiger partial charge >= 0.3 is 5.97 Å². The number of nitrogens with zero attached hydrogens (tertiary/aromatic N) is 2. The smallest absolute Gasteiger partial charge is 0.321 e. The molecule has 3 rings (SSSR count). The molecule has 1 saturated heterocycles. The zero-order chi connectivity index (χ0) is 16.4. The molecule has 0 spiro atoms. The van der Waals surface area contributed by atoms with Crippen LogP contribution < -0.4 is 0 Å². The van der Waals surface area contributed by atoms with E-state index < -0.39 is 18.1 Å². The Hall–Kier alpha value is -2.62. The number of aliphatic carboxylic acids is 1. The second kappa shape index (κ2) is 6.24. The van der Waals surface area contributed by atoms with E-state index in [2.05, 4.69) is 6.07 Å². The number of aliphatic hydroxyl groups is 1. The fourth-order valence-electron chi connectivity index (χ4n) is 2.91. The number of rotatable bonds is 4. The number of carboxylic acid groups (broad SMARTS) is 1. The van der Waals surface area contributed by atoms with Gasteiger partial charge in [0.05, 0.1) is 24.3 Å². The Balaban J connectivity index is 1.80. The molecule has 0 bridgehead atoms. The minimum absolute atomic E-state index is 0.222. The number of hydrogen-bond donors (Lipinski definition) is 2. The van der Waals surface area contributed by atoms with Gasteiger partial charge in [-0.15, -0.1) is 0 Å². The van der Waals surface area contributed by atoms with Gasteiger partial charge < -0.3 is 14.6 Å². The van der Waals surface area contributed by atoms with Crippen molar-refractivity contribution in [3.8, 4) is 17.4 Å². The van der Waals surface area contributed by atoms with E-state index in [0.29, 0.717) is 35.7 Å². The fraction of sp³-hybridized carbons (Fsp3) is 0.294. The van der Waals surface area contributed by atoms with Crippen molar-refractivity contribution in [3.63, 3.8) is 0 Å². The van der Waals surface area contributed by atoms with Crippen LogP contribution in [0.5, 0.6) is 0 Å². The Bertz CT molecular complexity index is 762. The summed E-state index contributed by atoms with van der Waals surface area (Å²) in [5.41, 5.74) is 1.23. The minimum atomic E-state index is -0.942. The largest absolute Gasteiger partial charge is 0.480 e. The van der Waals surface area contributed by atoms with Crippen molar-refractivity contribution in [2.75, 3.05) is 6.54 Å². The summed E-state index contributed by atoms with van der Waals surface area (Å²) in [6.45, 7) is 0.616. The Morgan fingerprint density at radius 2 is 2.13 bits per heavy atom. The first kappa shape index (κ1) is 15.3. The van der Waals surface area contributed by atoms with Crippen molar-refractivity contribution >= 4 is 5.97 Å². The van der Waals surface area contributed by atoms with Crippen LogP contribution in [-0.2, 0) is 11.3 Å². The standard InChI is InChI=1S/C17H16N2O4/c18-8-11-3-1-2-4-14(11)16-6-5-13(23-16)10-19-9-12(20)7-15(19)17(21)22/h1-6,12,15,20H,7,9-10H2,(H,21,22)/t12-,15+/m1/s1. The summed E-state index contributed by atoms with van der Waals surface area (Å²) in [5, 5.41) is 28.0. The Labute approximate surface area is 133 Å². The number of aliphatic hydroxyl groups excluding tert-OH is 1. The molecule has 118 valence electrons. The maximum absolute atomic E-state index is 11.2. The average Bonchev–Trinajstić information content (AvgIpc) is 3.14. The van der Waals surface area contributed by atoms with E-state index in [9.17, 15) is 15.0 Å². The number of furan rings is 1. The molecule has 2 atom stereocenters. The van der Waals surface area contributed by atoms with Crippen LogP contribution in [0.15, 0.2) is 40.8 Å². The quantitative estimate of drug-likeness (QED) is 0.894. The van der Waals surface area contributed by atoms with Crippen LogP contribution in [0.3, 0.4) is 0 Å². The van der Waals surface area contributed by atoms with E-state index in [1.54, 1.807) is 35.2 Å². The lowest BCUT2D eigenvalue weighted by atomic mass is 10.1. The van der Waals surface area contributed by atoms with Crippen molar-refractivity contribution in [3.05, 3.63) is 47.7 Å². The lowest BCUT2D eigenvalue weighted by Crippen LogP contribution is -2.35. The first-order valence-corrected chi connectivity index (χ1v) is 7.31. The topological polar surface area (TPSA) is 97.7 Å². The highest BCUT2D eigenvalue weighted by Crippen LogP contribution is 2.27. The number of hydrogen-bond acceptors (Lipinski definition) is 5. The molecule has 0 radical (unpaired) electrons. The molecule has 2 aromatic rings. The summed E-state index contributed by atoms with van der Waals surface area (Å²) in [6, 6.07) is 12.1. The second-order valence-corrected chi connectivity index (χ2v) is 5.60. The van der Waals surface area contributed by atoms with Gasteiger partial charge in [-0.2, -0.15) is 5.26 Å².